The van der Waals surface area contributed by atoms with Gasteiger partial charge in [-0.15, -0.1) is 0 Å². The molecule has 4 heteroatoms. The van der Waals surface area contributed by atoms with E-state index in [0.717, 1.165) is 19.3 Å². The molecule has 3 atom stereocenters. The molecule has 4 nitrogen and oxygen atoms in total. The zero-order valence-corrected chi connectivity index (χ0v) is 14.1. The first-order chi connectivity index (χ1) is 8.99. The lowest BCUT2D eigenvalue weighted by Crippen LogP contribution is -2.43. The minimum Gasteiger partial charge on any atom is -0.431 e. The van der Waals surface area contributed by atoms with E-state index in [1.807, 2.05) is 27.7 Å². The Kier molecular flexibility index (Phi) is 4.79. The summed E-state index contributed by atoms with van der Waals surface area (Å²) >= 11 is 0. The van der Waals surface area contributed by atoms with Crippen molar-refractivity contribution in [1.29, 1.82) is 0 Å². The molecule has 1 saturated carbocycles. The van der Waals surface area contributed by atoms with E-state index >= 15 is 0 Å². The van der Waals surface area contributed by atoms with Crippen LogP contribution in [0.4, 0.5) is 4.79 Å². The SMILES string of the molecule is CCC(C)(C)OC(=O)OC(C)C1CC1(N)C(C)(C)CC. The van der Waals surface area contributed by atoms with E-state index < -0.39 is 11.8 Å². The van der Waals surface area contributed by atoms with Crippen LogP contribution in [0.5, 0.6) is 0 Å². The first kappa shape index (κ1) is 17.3. The van der Waals surface area contributed by atoms with Crippen LogP contribution in [0.3, 0.4) is 0 Å². The van der Waals surface area contributed by atoms with Crippen molar-refractivity contribution in [2.24, 2.45) is 17.1 Å². The number of nitrogens with two attached hydrogens (primary N) is 1. The summed E-state index contributed by atoms with van der Waals surface area (Å²) in [6, 6.07) is 0. The molecule has 3 unspecified atom stereocenters. The summed E-state index contributed by atoms with van der Waals surface area (Å²) < 4.78 is 10.7. The van der Waals surface area contributed by atoms with Crippen LogP contribution in [0.1, 0.15) is 67.7 Å². The Hall–Kier alpha value is -0.770. The third kappa shape index (κ3) is 3.46. The molecule has 1 fully saturated rings. The van der Waals surface area contributed by atoms with Gasteiger partial charge in [0.05, 0.1) is 0 Å². The van der Waals surface area contributed by atoms with Gasteiger partial charge in [0.2, 0.25) is 0 Å². The number of hydrogen-bond acceptors (Lipinski definition) is 4. The Morgan fingerprint density at radius 1 is 1.30 bits per heavy atom. The quantitative estimate of drug-likeness (QED) is 0.752. The Morgan fingerprint density at radius 3 is 2.30 bits per heavy atom. The first-order valence-corrected chi connectivity index (χ1v) is 7.67. The number of carbonyl (C=O) groups excluding carboxylic acids is 1. The van der Waals surface area contributed by atoms with Crippen LogP contribution >= 0.6 is 0 Å². The number of rotatable bonds is 6. The molecule has 1 rings (SSSR count). The molecule has 1 aliphatic carbocycles. The van der Waals surface area contributed by atoms with Crippen LogP contribution in [0.2, 0.25) is 0 Å². The molecule has 0 aromatic carbocycles. The van der Waals surface area contributed by atoms with Gasteiger partial charge in [-0.2, -0.15) is 0 Å². The second-order valence-corrected chi connectivity index (χ2v) is 7.38. The predicted octanol–water partition coefficient (Wildman–Crippen LogP) is 3.87. The van der Waals surface area contributed by atoms with Crippen molar-refractivity contribution < 1.29 is 14.3 Å². The van der Waals surface area contributed by atoms with Gasteiger partial charge in [-0.1, -0.05) is 27.7 Å². The predicted molar refractivity (Wildman–Crippen MR) is 80.5 cm³/mol. The van der Waals surface area contributed by atoms with Crippen LogP contribution in [0, 0.1) is 11.3 Å². The molecule has 0 bridgehead atoms. The van der Waals surface area contributed by atoms with Gasteiger partial charge in [0.1, 0.15) is 11.7 Å². The van der Waals surface area contributed by atoms with Crippen molar-refractivity contribution in [3.63, 3.8) is 0 Å². The van der Waals surface area contributed by atoms with E-state index in [2.05, 4.69) is 20.8 Å². The molecule has 0 aliphatic heterocycles. The summed E-state index contributed by atoms with van der Waals surface area (Å²) in [4.78, 5) is 11.8. The lowest BCUT2D eigenvalue weighted by molar-refractivity contribution is -0.0387. The summed E-state index contributed by atoms with van der Waals surface area (Å²) in [5, 5.41) is 0. The van der Waals surface area contributed by atoms with Crippen molar-refractivity contribution in [3.8, 4) is 0 Å². The van der Waals surface area contributed by atoms with E-state index in [1.165, 1.54) is 0 Å². The standard InChI is InChI=1S/C16H31NO3/c1-8-14(4,5)16(17)10-12(16)11(3)19-13(18)20-15(6,7)9-2/h11-12H,8-10,17H2,1-7H3. The zero-order valence-electron chi connectivity index (χ0n) is 14.1. The molecule has 0 radical (unpaired) electrons. The third-order valence-corrected chi connectivity index (χ3v) is 5.26. The fourth-order valence-electron chi connectivity index (χ4n) is 2.55. The van der Waals surface area contributed by atoms with Gasteiger partial charge in [-0.05, 0) is 45.4 Å². The van der Waals surface area contributed by atoms with Crippen LogP contribution in [-0.2, 0) is 9.47 Å². The number of hydrogen-bond donors (Lipinski definition) is 1. The second kappa shape index (κ2) is 5.55. The van der Waals surface area contributed by atoms with E-state index in [4.69, 9.17) is 15.2 Å². The maximum absolute atomic E-state index is 11.8. The van der Waals surface area contributed by atoms with Crippen molar-refractivity contribution in [1.82, 2.24) is 0 Å². The van der Waals surface area contributed by atoms with E-state index in [-0.39, 0.29) is 23.0 Å². The summed E-state index contributed by atoms with van der Waals surface area (Å²) in [5.41, 5.74) is 5.82. The van der Waals surface area contributed by atoms with Gasteiger partial charge in [0.15, 0.2) is 0 Å². The largest absolute Gasteiger partial charge is 0.509 e. The Balaban J connectivity index is 2.54. The number of ether oxygens (including phenoxy) is 2. The lowest BCUT2D eigenvalue weighted by atomic mass is 9.78. The molecule has 2 N–H and O–H groups in total. The third-order valence-electron chi connectivity index (χ3n) is 5.26. The summed E-state index contributed by atoms with van der Waals surface area (Å²) in [6.07, 6.45) is 1.88. The fraction of sp³-hybridized carbons (Fsp3) is 0.938. The van der Waals surface area contributed by atoms with Gasteiger partial charge >= 0.3 is 6.16 Å². The summed E-state index contributed by atoms with van der Waals surface area (Å²) in [6.45, 7) is 14.1. The van der Waals surface area contributed by atoms with Crippen LogP contribution in [0.25, 0.3) is 0 Å². The topological polar surface area (TPSA) is 61.5 Å². The zero-order chi connectivity index (χ0) is 15.8. The highest BCUT2D eigenvalue weighted by Crippen LogP contribution is 2.56. The van der Waals surface area contributed by atoms with Gasteiger partial charge < -0.3 is 15.2 Å². The first-order valence-electron chi connectivity index (χ1n) is 7.67. The van der Waals surface area contributed by atoms with Crippen molar-refractivity contribution in [3.05, 3.63) is 0 Å². The molecule has 0 amide bonds. The average Bonchev–Trinajstić information content (AvgIpc) is 3.03. The molecule has 0 aromatic heterocycles. The van der Waals surface area contributed by atoms with E-state index in [0.29, 0.717) is 0 Å². The van der Waals surface area contributed by atoms with Gasteiger partial charge in [-0.25, -0.2) is 4.79 Å². The highest BCUT2D eigenvalue weighted by atomic mass is 16.7. The summed E-state index contributed by atoms with van der Waals surface area (Å²) in [7, 11) is 0. The number of carbonyl (C=O) groups is 1. The molecule has 20 heavy (non-hydrogen) atoms. The smallest absolute Gasteiger partial charge is 0.431 e. The molecule has 0 aromatic rings. The monoisotopic (exact) mass is 285 g/mol. The molecule has 0 spiro atoms. The van der Waals surface area contributed by atoms with Gasteiger partial charge in [0, 0.05) is 11.5 Å². The average molecular weight is 285 g/mol. The Morgan fingerprint density at radius 2 is 1.85 bits per heavy atom. The summed E-state index contributed by atoms with van der Waals surface area (Å²) in [5.74, 6) is 0.217. The van der Waals surface area contributed by atoms with Crippen molar-refractivity contribution >= 4 is 6.16 Å². The fourth-order valence-corrected chi connectivity index (χ4v) is 2.55. The van der Waals surface area contributed by atoms with E-state index in [1.54, 1.807) is 0 Å². The minimum absolute atomic E-state index is 0.0574. The Labute approximate surface area is 123 Å². The van der Waals surface area contributed by atoms with E-state index in [9.17, 15) is 4.79 Å². The molecule has 0 saturated heterocycles. The molecule has 0 heterocycles. The van der Waals surface area contributed by atoms with Crippen molar-refractivity contribution in [2.45, 2.75) is 85.0 Å². The van der Waals surface area contributed by atoms with Crippen LogP contribution in [-0.4, -0.2) is 23.4 Å². The molecular formula is C16H31NO3. The molecule has 118 valence electrons. The molecular weight excluding hydrogens is 254 g/mol. The minimum atomic E-state index is -0.590. The van der Waals surface area contributed by atoms with Crippen LogP contribution in [0.15, 0.2) is 0 Å². The maximum atomic E-state index is 11.8. The lowest BCUT2D eigenvalue weighted by Gasteiger charge is -2.33. The normalized spacial score (nSPS) is 27.9. The van der Waals surface area contributed by atoms with Gasteiger partial charge in [-0.3, -0.25) is 0 Å². The molecule has 1 aliphatic rings. The Bertz CT molecular complexity index is 365. The van der Waals surface area contributed by atoms with Gasteiger partial charge in [0.25, 0.3) is 0 Å². The highest BCUT2D eigenvalue weighted by molar-refractivity contribution is 5.60. The van der Waals surface area contributed by atoms with Crippen molar-refractivity contribution in [2.75, 3.05) is 0 Å². The maximum Gasteiger partial charge on any atom is 0.509 e. The van der Waals surface area contributed by atoms with Crippen LogP contribution < -0.4 is 5.73 Å². The highest BCUT2D eigenvalue weighted by Gasteiger charge is 2.62. The second-order valence-electron chi connectivity index (χ2n) is 7.38.